The molecule has 15 heavy (non-hydrogen) atoms. The highest BCUT2D eigenvalue weighted by Gasteiger charge is 2.15. The third-order valence-corrected chi connectivity index (χ3v) is 2.54. The zero-order valence-electron chi connectivity index (χ0n) is 8.91. The lowest BCUT2D eigenvalue weighted by Gasteiger charge is -2.13. The van der Waals surface area contributed by atoms with Gasteiger partial charge >= 0.3 is 5.97 Å². The fourth-order valence-electron chi connectivity index (χ4n) is 1.11. The van der Waals surface area contributed by atoms with Crippen molar-refractivity contribution >= 4 is 21.9 Å². The van der Waals surface area contributed by atoms with Crippen molar-refractivity contribution in [1.29, 1.82) is 0 Å². The van der Waals surface area contributed by atoms with Crippen LogP contribution in [-0.4, -0.2) is 19.2 Å². The highest BCUT2D eigenvalue weighted by Crippen LogP contribution is 2.26. The lowest BCUT2D eigenvalue weighted by atomic mass is 10.2. The maximum Gasteiger partial charge on any atom is 0.346 e. The molecule has 0 aromatic heterocycles. The summed E-state index contributed by atoms with van der Waals surface area (Å²) in [5.41, 5.74) is 1.12. The summed E-state index contributed by atoms with van der Waals surface area (Å²) in [6.45, 7) is 3.64. The molecule has 0 aliphatic rings. The Kier molecular flexibility index (Phi) is 4.15. The minimum Gasteiger partial charge on any atom is -0.478 e. The lowest BCUT2D eigenvalue weighted by Crippen LogP contribution is -2.25. The predicted molar refractivity (Wildman–Crippen MR) is 61.0 cm³/mol. The van der Waals surface area contributed by atoms with Gasteiger partial charge in [0, 0.05) is 0 Å². The van der Waals surface area contributed by atoms with Crippen LogP contribution < -0.4 is 4.74 Å². The van der Waals surface area contributed by atoms with Gasteiger partial charge in [0.2, 0.25) is 0 Å². The van der Waals surface area contributed by atoms with Crippen molar-refractivity contribution in [1.82, 2.24) is 0 Å². The summed E-state index contributed by atoms with van der Waals surface area (Å²) in [6, 6.07) is 5.67. The highest BCUT2D eigenvalue weighted by atomic mass is 79.9. The summed E-state index contributed by atoms with van der Waals surface area (Å²) in [7, 11) is 1.34. The summed E-state index contributed by atoms with van der Waals surface area (Å²) in [4.78, 5) is 11.1. The van der Waals surface area contributed by atoms with Gasteiger partial charge in [0.05, 0.1) is 11.6 Å². The zero-order chi connectivity index (χ0) is 11.4. The van der Waals surface area contributed by atoms with E-state index in [4.69, 9.17) is 4.74 Å². The van der Waals surface area contributed by atoms with Crippen molar-refractivity contribution in [2.45, 2.75) is 20.0 Å². The zero-order valence-corrected chi connectivity index (χ0v) is 10.5. The van der Waals surface area contributed by atoms with E-state index in [0.717, 1.165) is 10.0 Å². The molecule has 4 heteroatoms. The van der Waals surface area contributed by atoms with Crippen LogP contribution in [0, 0.1) is 6.92 Å². The van der Waals surface area contributed by atoms with Gasteiger partial charge in [0.15, 0.2) is 6.10 Å². The molecule has 0 heterocycles. The Morgan fingerprint density at radius 1 is 1.47 bits per heavy atom. The van der Waals surface area contributed by atoms with Gasteiger partial charge in [-0.15, -0.1) is 0 Å². The number of methoxy groups -OCH3 is 1. The minimum absolute atomic E-state index is 0.387. The number of hydrogen-bond donors (Lipinski definition) is 0. The van der Waals surface area contributed by atoms with Crippen molar-refractivity contribution in [3.8, 4) is 5.75 Å². The Morgan fingerprint density at radius 3 is 2.67 bits per heavy atom. The van der Waals surface area contributed by atoms with E-state index in [1.165, 1.54) is 7.11 Å². The van der Waals surface area contributed by atoms with E-state index in [1.807, 2.05) is 25.1 Å². The summed E-state index contributed by atoms with van der Waals surface area (Å²) in [5, 5.41) is 0. The molecule has 0 aliphatic heterocycles. The van der Waals surface area contributed by atoms with Crippen molar-refractivity contribution in [3.63, 3.8) is 0 Å². The van der Waals surface area contributed by atoms with Crippen LogP contribution in [0.25, 0.3) is 0 Å². The summed E-state index contributed by atoms with van der Waals surface area (Å²) < 4.78 is 10.8. The molecule has 0 saturated heterocycles. The molecule has 1 atom stereocenters. The topological polar surface area (TPSA) is 35.5 Å². The number of carbonyl (C=O) groups excluding carboxylic acids is 1. The van der Waals surface area contributed by atoms with Crippen molar-refractivity contribution in [2.75, 3.05) is 7.11 Å². The van der Waals surface area contributed by atoms with Crippen LogP contribution in [0.3, 0.4) is 0 Å². The second kappa shape index (κ2) is 5.16. The molecule has 0 spiro atoms. The summed E-state index contributed by atoms with van der Waals surface area (Å²) in [6.07, 6.45) is -0.603. The quantitative estimate of drug-likeness (QED) is 0.794. The number of carbonyl (C=O) groups is 1. The fourth-order valence-corrected chi connectivity index (χ4v) is 1.69. The Bertz CT molecular complexity index is 363. The van der Waals surface area contributed by atoms with Crippen LogP contribution >= 0.6 is 15.9 Å². The first-order valence-corrected chi connectivity index (χ1v) is 5.34. The molecule has 1 rings (SSSR count). The normalized spacial score (nSPS) is 12.0. The van der Waals surface area contributed by atoms with Gasteiger partial charge in [0.25, 0.3) is 0 Å². The monoisotopic (exact) mass is 272 g/mol. The number of ether oxygens (including phenoxy) is 2. The van der Waals surface area contributed by atoms with Crippen molar-refractivity contribution < 1.29 is 14.3 Å². The Hall–Kier alpha value is -1.03. The Morgan fingerprint density at radius 2 is 2.13 bits per heavy atom. The van der Waals surface area contributed by atoms with Crippen molar-refractivity contribution in [3.05, 3.63) is 28.2 Å². The molecule has 1 unspecified atom stereocenters. The average Bonchev–Trinajstić information content (AvgIpc) is 2.20. The molecular formula is C11H13BrO3. The van der Waals surface area contributed by atoms with Gasteiger partial charge in [-0.3, -0.25) is 0 Å². The van der Waals surface area contributed by atoms with E-state index in [2.05, 4.69) is 20.7 Å². The smallest absolute Gasteiger partial charge is 0.346 e. The molecule has 82 valence electrons. The third kappa shape index (κ3) is 3.23. The van der Waals surface area contributed by atoms with E-state index < -0.39 is 6.10 Å². The van der Waals surface area contributed by atoms with E-state index in [0.29, 0.717) is 5.75 Å². The molecule has 3 nitrogen and oxygen atoms in total. The molecule has 0 saturated carbocycles. The summed E-state index contributed by atoms with van der Waals surface area (Å²) in [5.74, 6) is 0.251. The van der Waals surface area contributed by atoms with Gasteiger partial charge in [-0.1, -0.05) is 6.07 Å². The van der Waals surface area contributed by atoms with E-state index in [1.54, 1.807) is 6.92 Å². The van der Waals surface area contributed by atoms with E-state index in [-0.39, 0.29) is 5.97 Å². The van der Waals surface area contributed by atoms with Gasteiger partial charge in [-0.2, -0.15) is 0 Å². The number of halogens is 1. The maximum atomic E-state index is 11.1. The molecule has 1 aromatic rings. The highest BCUT2D eigenvalue weighted by molar-refractivity contribution is 9.10. The number of hydrogen-bond acceptors (Lipinski definition) is 3. The Labute approximate surface area is 97.5 Å². The van der Waals surface area contributed by atoms with Crippen LogP contribution in [0.5, 0.6) is 5.75 Å². The largest absolute Gasteiger partial charge is 0.478 e. The average molecular weight is 273 g/mol. The van der Waals surface area contributed by atoms with Gasteiger partial charge < -0.3 is 9.47 Å². The first kappa shape index (κ1) is 12.0. The predicted octanol–water partition coefficient (Wildman–Crippen LogP) is 2.70. The number of esters is 1. The molecule has 0 amide bonds. The lowest BCUT2D eigenvalue weighted by molar-refractivity contribution is -0.147. The third-order valence-electron chi connectivity index (χ3n) is 1.92. The SMILES string of the molecule is COC(=O)C(C)Oc1ccc(C)cc1Br. The first-order valence-electron chi connectivity index (χ1n) is 4.55. The molecule has 0 radical (unpaired) electrons. The Balaban J connectivity index is 2.76. The molecule has 0 N–H and O–H groups in total. The molecule has 0 fully saturated rings. The second-order valence-corrected chi connectivity index (χ2v) is 4.07. The van der Waals surface area contributed by atoms with Crippen LogP contribution in [0.2, 0.25) is 0 Å². The number of aryl methyl sites for hydroxylation is 1. The second-order valence-electron chi connectivity index (χ2n) is 3.22. The molecule has 1 aromatic carbocycles. The maximum absolute atomic E-state index is 11.1. The molecule has 0 bridgehead atoms. The fraction of sp³-hybridized carbons (Fsp3) is 0.364. The minimum atomic E-state index is -0.603. The van der Waals surface area contributed by atoms with Gasteiger partial charge in [-0.05, 0) is 47.5 Å². The molecular weight excluding hydrogens is 260 g/mol. The van der Waals surface area contributed by atoms with Crippen molar-refractivity contribution in [2.24, 2.45) is 0 Å². The van der Waals surface area contributed by atoms with Crippen LogP contribution in [0.4, 0.5) is 0 Å². The van der Waals surface area contributed by atoms with Crippen LogP contribution in [0.15, 0.2) is 22.7 Å². The van der Waals surface area contributed by atoms with Gasteiger partial charge in [0.1, 0.15) is 5.75 Å². The number of benzene rings is 1. The molecule has 0 aliphatic carbocycles. The standard InChI is InChI=1S/C11H13BrO3/c1-7-4-5-10(9(12)6-7)15-8(2)11(13)14-3/h4-6,8H,1-3H3. The van der Waals surface area contributed by atoms with E-state index >= 15 is 0 Å². The first-order chi connectivity index (χ1) is 7.04. The van der Waals surface area contributed by atoms with E-state index in [9.17, 15) is 4.79 Å². The number of rotatable bonds is 3. The van der Waals surface area contributed by atoms with Gasteiger partial charge in [-0.25, -0.2) is 4.79 Å². The summed E-state index contributed by atoms with van der Waals surface area (Å²) >= 11 is 3.37. The van der Waals surface area contributed by atoms with Crippen LogP contribution in [0.1, 0.15) is 12.5 Å². The van der Waals surface area contributed by atoms with Crippen LogP contribution in [-0.2, 0) is 9.53 Å².